The van der Waals surface area contributed by atoms with Gasteiger partial charge in [0.1, 0.15) is 23.1 Å². The van der Waals surface area contributed by atoms with Crippen LogP contribution in [0.3, 0.4) is 0 Å². The van der Waals surface area contributed by atoms with Crippen molar-refractivity contribution in [2.24, 2.45) is 5.92 Å². The summed E-state index contributed by atoms with van der Waals surface area (Å²) in [6.07, 6.45) is 0. The van der Waals surface area contributed by atoms with Crippen LogP contribution >= 0.6 is 0 Å². The van der Waals surface area contributed by atoms with E-state index in [4.69, 9.17) is 4.74 Å². The highest BCUT2D eigenvalue weighted by atomic mass is 19.1. The maximum Gasteiger partial charge on any atom is 0.174 e. The summed E-state index contributed by atoms with van der Waals surface area (Å²) in [6, 6.07) is 18.6. The third kappa shape index (κ3) is 3.11. The minimum absolute atomic E-state index is 0.233. The third-order valence-electron chi connectivity index (χ3n) is 5.16. The molecule has 3 nitrogen and oxygen atoms in total. The number of ether oxygens (including phenoxy) is 1. The molecule has 0 radical (unpaired) electrons. The van der Waals surface area contributed by atoms with E-state index in [1.54, 1.807) is 0 Å². The van der Waals surface area contributed by atoms with Gasteiger partial charge in [-0.2, -0.15) is 0 Å². The van der Waals surface area contributed by atoms with E-state index in [-0.39, 0.29) is 11.6 Å². The molecule has 0 fully saturated rings. The number of aryl methyl sites for hydroxylation is 1. The normalized spacial score (nSPS) is 15.8. The van der Waals surface area contributed by atoms with E-state index in [2.05, 4.69) is 0 Å². The Bertz CT molecular complexity index is 1070. The first-order valence-corrected chi connectivity index (χ1v) is 9.13. The van der Waals surface area contributed by atoms with Crippen LogP contribution in [0.4, 0.5) is 4.39 Å². The van der Waals surface area contributed by atoms with Crippen molar-refractivity contribution in [3.05, 3.63) is 94.8 Å². The standard InChI is InChI=1S/C24H19FO3/c1-14-7-12-21-19(13-14)23(18-5-3-4-6-20(18)28-21)22(15(2)26)24(27)16-8-10-17(25)11-9-16/h3-13,22-23H,1-2H3. The molecule has 0 spiro atoms. The van der Waals surface area contributed by atoms with Crippen LogP contribution in [0.1, 0.15) is 39.9 Å². The van der Waals surface area contributed by atoms with Crippen molar-refractivity contribution in [1.82, 2.24) is 0 Å². The van der Waals surface area contributed by atoms with Crippen LogP contribution in [-0.2, 0) is 4.79 Å². The van der Waals surface area contributed by atoms with Crippen LogP contribution in [0.25, 0.3) is 0 Å². The van der Waals surface area contributed by atoms with Crippen molar-refractivity contribution < 1.29 is 18.7 Å². The van der Waals surface area contributed by atoms with Gasteiger partial charge in [0.25, 0.3) is 0 Å². The maximum atomic E-state index is 13.3. The van der Waals surface area contributed by atoms with Crippen molar-refractivity contribution in [3.8, 4) is 11.5 Å². The van der Waals surface area contributed by atoms with Crippen LogP contribution < -0.4 is 4.74 Å². The second-order valence-corrected chi connectivity index (χ2v) is 7.12. The topological polar surface area (TPSA) is 43.4 Å². The molecule has 3 aromatic carbocycles. The molecule has 0 bridgehead atoms. The molecule has 0 amide bonds. The Morgan fingerprint density at radius 3 is 2.32 bits per heavy atom. The highest BCUT2D eigenvalue weighted by Crippen LogP contribution is 2.48. The molecule has 1 heterocycles. The van der Waals surface area contributed by atoms with E-state index >= 15 is 0 Å². The Balaban J connectivity index is 1.89. The lowest BCUT2D eigenvalue weighted by molar-refractivity contribution is -0.119. The summed E-state index contributed by atoms with van der Waals surface area (Å²) in [6.45, 7) is 3.39. The molecular weight excluding hydrogens is 355 g/mol. The summed E-state index contributed by atoms with van der Waals surface area (Å²) >= 11 is 0. The van der Waals surface area contributed by atoms with Crippen LogP contribution in [0.15, 0.2) is 66.7 Å². The van der Waals surface area contributed by atoms with E-state index in [9.17, 15) is 14.0 Å². The summed E-state index contributed by atoms with van der Waals surface area (Å²) in [7, 11) is 0. The predicted octanol–water partition coefficient (Wildman–Crippen LogP) is 5.46. The summed E-state index contributed by atoms with van der Waals surface area (Å²) < 4.78 is 19.3. The number of ketones is 2. The summed E-state index contributed by atoms with van der Waals surface area (Å²) in [5, 5.41) is 0. The SMILES string of the molecule is CC(=O)C(C(=O)c1ccc(F)cc1)C1c2ccccc2Oc2ccc(C)cc21. The number of Topliss-reactive ketones (excluding diaryl/α,β-unsaturated/α-hetero) is 2. The zero-order valence-electron chi connectivity index (χ0n) is 15.6. The monoisotopic (exact) mass is 374 g/mol. The molecule has 0 aliphatic carbocycles. The Morgan fingerprint density at radius 2 is 1.61 bits per heavy atom. The molecule has 3 aromatic rings. The van der Waals surface area contributed by atoms with Crippen molar-refractivity contribution in [1.29, 1.82) is 0 Å². The first kappa shape index (κ1) is 18.1. The van der Waals surface area contributed by atoms with Gasteiger partial charge in [0, 0.05) is 22.6 Å². The number of para-hydroxylation sites is 1. The zero-order valence-corrected chi connectivity index (χ0v) is 15.6. The average molecular weight is 374 g/mol. The fourth-order valence-electron chi connectivity index (χ4n) is 3.84. The van der Waals surface area contributed by atoms with Gasteiger partial charge in [-0.15, -0.1) is 0 Å². The number of carbonyl (C=O) groups is 2. The van der Waals surface area contributed by atoms with Gasteiger partial charge in [-0.05, 0) is 50.2 Å². The number of rotatable bonds is 4. The lowest BCUT2D eigenvalue weighted by atomic mass is 9.73. The van der Waals surface area contributed by atoms with E-state index < -0.39 is 17.7 Å². The highest BCUT2D eigenvalue weighted by molar-refractivity contribution is 6.11. The van der Waals surface area contributed by atoms with Gasteiger partial charge >= 0.3 is 0 Å². The van der Waals surface area contributed by atoms with Gasteiger partial charge < -0.3 is 4.74 Å². The minimum Gasteiger partial charge on any atom is -0.457 e. The smallest absolute Gasteiger partial charge is 0.174 e. The van der Waals surface area contributed by atoms with Crippen LogP contribution in [0.2, 0.25) is 0 Å². The van der Waals surface area contributed by atoms with Gasteiger partial charge in [-0.1, -0.05) is 35.9 Å². The molecule has 2 atom stereocenters. The molecule has 0 aromatic heterocycles. The number of hydrogen-bond donors (Lipinski definition) is 0. The fraction of sp³-hybridized carbons (Fsp3) is 0.167. The Labute approximate surface area is 162 Å². The molecular formula is C24H19FO3. The summed E-state index contributed by atoms with van der Waals surface area (Å²) in [5.41, 5.74) is 2.95. The van der Waals surface area contributed by atoms with Gasteiger partial charge in [-0.25, -0.2) is 4.39 Å². The number of hydrogen-bond acceptors (Lipinski definition) is 3. The molecule has 2 unspecified atom stereocenters. The van der Waals surface area contributed by atoms with E-state index in [0.717, 1.165) is 16.7 Å². The summed E-state index contributed by atoms with van der Waals surface area (Å²) in [4.78, 5) is 26.0. The minimum atomic E-state index is -0.920. The van der Waals surface area contributed by atoms with Crippen molar-refractivity contribution in [3.63, 3.8) is 0 Å². The van der Waals surface area contributed by atoms with Crippen LogP contribution in [-0.4, -0.2) is 11.6 Å². The fourth-order valence-corrected chi connectivity index (χ4v) is 3.84. The van der Waals surface area contributed by atoms with E-state index in [1.807, 2.05) is 49.4 Å². The molecule has 1 aliphatic heterocycles. The first-order chi connectivity index (χ1) is 13.5. The summed E-state index contributed by atoms with van der Waals surface area (Å²) in [5.74, 6) is -1.07. The van der Waals surface area contributed by atoms with Crippen molar-refractivity contribution in [2.75, 3.05) is 0 Å². The predicted molar refractivity (Wildman–Crippen MR) is 104 cm³/mol. The Hall–Kier alpha value is -3.27. The highest BCUT2D eigenvalue weighted by Gasteiger charge is 2.40. The third-order valence-corrected chi connectivity index (χ3v) is 5.16. The maximum absolute atomic E-state index is 13.3. The Morgan fingerprint density at radius 1 is 0.929 bits per heavy atom. The number of carbonyl (C=O) groups excluding carboxylic acids is 2. The van der Waals surface area contributed by atoms with Crippen molar-refractivity contribution >= 4 is 11.6 Å². The van der Waals surface area contributed by atoms with Crippen LogP contribution in [0.5, 0.6) is 11.5 Å². The average Bonchev–Trinajstić information content (AvgIpc) is 2.68. The largest absolute Gasteiger partial charge is 0.457 e. The lowest BCUT2D eigenvalue weighted by Gasteiger charge is -2.32. The molecule has 4 heteroatoms. The quantitative estimate of drug-likeness (QED) is 0.450. The number of fused-ring (bicyclic) bond motifs is 2. The van der Waals surface area contributed by atoms with Gasteiger partial charge in [0.15, 0.2) is 5.78 Å². The van der Waals surface area contributed by atoms with Gasteiger partial charge in [0.05, 0.1) is 5.92 Å². The Kier molecular flexibility index (Phi) is 4.55. The van der Waals surface area contributed by atoms with E-state index in [0.29, 0.717) is 17.1 Å². The zero-order chi connectivity index (χ0) is 19.8. The molecule has 1 aliphatic rings. The van der Waals surface area contributed by atoms with Crippen molar-refractivity contribution in [2.45, 2.75) is 19.8 Å². The lowest BCUT2D eigenvalue weighted by Crippen LogP contribution is -2.31. The number of halogens is 1. The second-order valence-electron chi connectivity index (χ2n) is 7.12. The molecule has 0 N–H and O–H groups in total. The molecule has 28 heavy (non-hydrogen) atoms. The molecule has 0 saturated heterocycles. The molecule has 0 saturated carbocycles. The van der Waals surface area contributed by atoms with Crippen LogP contribution in [0, 0.1) is 18.7 Å². The first-order valence-electron chi connectivity index (χ1n) is 9.13. The van der Waals surface area contributed by atoms with Gasteiger partial charge in [-0.3, -0.25) is 9.59 Å². The molecule has 140 valence electrons. The van der Waals surface area contributed by atoms with E-state index in [1.165, 1.54) is 31.2 Å². The van der Waals surface area contributed by atoms with Gasteiger partial charge in [0.2, 0.25) is 0 Å². The number of benzene rings is 3. The second kappa shape index (κ2) is 7.04. The molecule has 4 rings (SSSR count).